The topological polar surface area (TPSA) is 27.7 Å². The summed E-state index contributed by atoms with van der Waals surface area (Å²) >= 11 is 0. The molecule has 2 heterocycles. The van der Waals surface area contributed by atoms with Crippen LogP contribution in [0.1, 0.15) is 19.8 Å². The first kappa shape index (κ1) is 10.1. The molecule has 0 bridgehead atoms. The molecule has 3 nitrogen and oxygen atoms in total. The Morgan fingerprint density at radius 1 is 1.21 bits per heavy atom. The van der Waals surface area contributed by atoms with Crippen LogP contribution < -0.4 is 0 Å². The lowest BCUT2D eigenvalue weighted by Gasteiger charge is -2.42. The molecule has 14 heavy (non-hydrogen) atoms. The van der Waals surface area contributed by atoms with Crippen molar-refractivity contribution < 1.29 is 14.2 Å². The van der Waals surface area contributed by atoms with Gasteiger partial charge in [-0.3, -0.25) is 0 Å². The fourth-order valence-electron chi connectivity index (χ4n) is 1.85. The number of rotatable bonds is 1. The third-order valence-electron chi connectivity index (χ3n) is 3.05. The normalized spacial score (nSPS) is 27.8. The van der Waals surface area contributed by atoms with Crippen molar-refractivity contribution in [2.75, 3.05) is 26.4 Å². The first-order chi connectivity index (χ1) is 6.72. The van der Waals surface area contributed by atoms with Crippen molar-refractivity contribution >= 4 is 0 Å². The van der Waals surface area contributed by atoms with E-state index in [0.29, 0.717) is 5.92 Å². The van der Waals surface area contributed by atoms with Crippen molar-refractivity contribution in [3.63, 3.8) is 0 Å². The lowest BCUT2D eigenvalue weighted by molar-refractivity contribution is -0.303. The number of hydrogen-bond donors (Lipinski definition) is 0. The molecule has 0 aromatic heterocycles. The molecule has 2 saturated heterocycles. The zero-order valence-corrected chi connectivity index (χ0v) is 8.75. The van der Waals surface area contributed by atoms with Gasteiger partial charge in [0.2, 0.25) is 0 Å². The van der Waals surface area contributed by atoms with Crippen LogP contribution in [-0.4, -0.2) is 32.2 Å². The molecular formula is C11H18O3. The van der Waals surface area contributed by atoms with Crippen LogP contribution in [-0.2, 0) is 14.2 Å². The molecule has 2 aliphatic heterocycles. The molecule has 2 aliphatic rings. The Labute approximate surface area is 85.0 Å². The predicted octanol–water partition coefficient (Wildman–Crippen LogP) is 1.73. The third kappa shape index (κ3) is 2.00. The van der Waals surface area contributed by atoms with Gasteiger partial charge in [-0.25, -0.2) is 0 Å². The lowest BCUT2D eigenvalue weighted by Crippen LogP contribution is -2.48. The van der Waals surface area contributed by atoms with Crippen molar-refractivity contribution in [2.24, 2.45) is 5.92 Å². The Morgan fingerprint density at radius 3 is 2.29 bits per heavy atom. The van der Waals surface area contributed by atoms with Gasteiger partial charge in [0.05, 0.1) is 26.4 Å². The Kier molecular flexibility index (Phi) is 2.91. The molecule has 0 aromatic rings. The Hall–Kier alpha value is -0.380. The summed E-state index contributed by atoms with van der Waals surface area (Å²) in [7, 11) is 0. The maximum Gasteiger partial charge on any atom is 0.172 e. The minimum absolute atomic E-state index is 0.343. The van der Waals surface area contributed by atoms with Crippen LogP contribution in [0.4, 0.5) is 0 Å². The summed E-state index contributed by atoms with van der Waals surface area (Å²) in [6.45, 7) is 8.94. The maximum absolute atomic E-state index is 5.82. The van der Waals surface area contributed by atoms with E-state index in [1.807, 2.05) is 6.92 Å². The van der Waals surface area contributed by atoms with Gasteiger partial charge in [-0.1, -0.05) is 12.2 Å². The molecule has 0 atom stereocenters. The van der Waals surface area contributed by atoms with Crippen LogP contribution in [0.3, 0.4) is 0 Å². The second kappa shape index (κ2) is 4.01. The highest BCUT2D eigenvalue weighted by molar-refractivity contribution is 4.98. The number of ether oxygens (including phenoxy) is 3. The van der Waals surface area contributed by atoms with Crippen LogP contribution >= 0.6 is 0 Å². The zero-order chi connectivity index (χ0) is 10.0. The van der Waals surface area contributed by atoms with Crippen molar-refractivity contribution in [2.45, 2.75) is 25.6 Å². The van der Waals surface area contributed by atoms with Crippen molar-refractivity contribution in [3.05, 3.63) is 12.2 Å². The molecule has 0 N–H and O–H groups in total. The Bertz CT molecular complexity index is 209. The first-order valence-corrected chi connectivity index (χ1v) is 5.23. The van der Waals surface area contributed by atoms with E-state index in [2.05, 4.69) is 6.58 Å². The highest BCUT2D eigenvalue weighted by Crippen LogP contribution is 2.32. The third-order valence-corrected chi connectivity index (χ3v) is 3.05. The molecule has 0 aliphatic carbocycles. The van der Waals surface area contributed by atoms with Crippen molar-refractivity contribution in [3.8, 4) is 0 Å². The molecule has 0 radical (unpaired) electrons. The first-order valence-electron chi connectivity index (χ1n) is 5.23. The van der Waals surface area contributed by atoms with Gasteiger partial charge in [0.15, 0.2) is 5.79 Å². The predicted molar refractivity (Wildman–Crippen MR) is 53.0 cm³/mol. The second-order valence-corrected chi connectivity index (χ2v) is 4.19. The van der Waals surface area contributed by atoms with Gasteiger partial charge in [-0.2, -0.15) is 0 Å². The van der Waals surface area contributed by atoms with Gasteiger partial charge in [0, 0.05) is 18.8 Å². The summed E-state index contributed by atoms with van der Waals surface area (Å²) in [5, 5.41) is 0. The highest BCUT2D eigenvalue weighted by atomic mass is 16.7. The van der Waals surface area contributed by atoms with E-state index < -0.39 is 0 Å². The summed E-state index contributed by atoms with van der Waals surface area (Å²) < 4.78 is 16.9. The molecule has 2 rings (SSSR count). The van der Waals surface area contributed by atoms with E-state index in [1.54, 1.807) is 0 Å². The zero-order valence-electron chi connectivity index (χ0n) is 8.75. The average molecular weight is 198 g/mol. The maximum atomic E-state index is 5.82. The van der Waals surface area contributed by atoms with E-state index in [4.69, 9.17) is 14.2 Å². The SMILES string of the molecule is C=C(C)C1COC2(CCOCC2)OC1. The summed E-state index contributed by atoms with van der Waals surface area (Å²) in [5.41, 5.74) is 1.15. The minimum Gasteiger partial charge on any atom is -0.381 e. The molecule has 2 fully saturated rings. The van der Waals surface area contributed by atoms with Gasteiger partial charge >= 0.3 is 0 Å². The second-order valence-electron chi connectivity index (χ2n) is 4.19. The van der Waals surface area contributed by atoms with Crippen LogP contribution in [0, 0.1) is 5.92 Å². The van der Waals surface area contributed by atoms with E-state index in [-0.39, 0.29) is 5.79 Å². The number of hydrogen-bond acceptors (Lipinski definition) is 3. The molecule has 0 saturated carbocycles. The molecule has 1 spiro atoms. The fraction of sp³-hybridized carbons (Fsp3) is 0.818. The minimum atomic E-state index is -0.343. The quantitative estimate of drug-likeness (QED) is 0.600. The van der Waals surface area contributed by atoms with Gasteiger partial charge in [-0.05, 0) is 6.92 Å². The van der Waals surface area contributed by atoms with Gasteiger partial charge in [0.1, 0.15) is 0 Å². The smallest absolute Gasteiger partial charge is 0.172 e. The molecular weight excluding hydrogens is 180 g/mol. The van der Waals surface area contributed by atoms with E-state index in [1.165, 1.54) is 0 Å². The molecule has 0 amide bonds. The lowest BCUT2D eigenvalue weighted by atomic mass is 10.0. The molecule has 80 valence electrons. The van der Waals surface area contributed by atoms with Gasteiger partial charge in [0.25, 0.3) is 0 Å². The van der Waals surface area contributed by atoms with Crippen LogP contribution in [0.5, 0.6) is 0 Å². The largest absolute Gasteiger partial charge is 0.381 e. The van der Waals surface area contributed by atoms with E-state index in [9.17, 15) is 0 Å². The summed E-state index contributed by atoms with van der Waals surface area (Å²) in [6, 6.07) is 0. The standard InChI is InChI=1S/C11H18O3/c1-9(2)10-7-13-11(14-8-10)3-5-12-6-4-11/h10H,1,3-8H2,2H3. The summed E-state index contributed by atoms with van der Waals surface area (Å²) in [5.74, 6) is 0.0213. The van der Waals surface area contributed by atoms with Crippen molar-refractivity contribution in [1.82, 2.24) is 0 Å². The van der Waals surface area contributed by atoms with E-state index >= 15 is 0 Å². The Balaban J connectivity index is 1.90. The summed E-state index contributed by atoms with van der Waals surface area (Å²) in [4.78, 5) is 0. The van der Waals surface area contributed by atoms with Crippen LogP contribution in [0.15, 0.2) is 12.2 Å². The summed E-state index contributed by atoms with van der Waals surface area (Å²) in [6.07, 6.45) is 1.71. The molecule has 0 aromatic carbocycles. The van der Waals surface area contributed by atoms with E-state index in [0.717, 1.165) is 44.8 Å². The van der Waals surface area contributed by atoms with Gasteiger partial charge in [-0.15, -0.1) is 0 Å². The Morgan fingerprint density at radius 2 is 1.79 bits per heavy atom. The molecule has 0 unspecified atom stereocenters. The van der Waals surface area contributed by atoms with Gasteiger partial charge < -0.3 is 14.2 Å². The highest BCUT2D eigenvalue weighted by Gasteiger charge is 2.39. The monoisotopic (exact) mass is 198 g/mol. The van der Waals surface area contributed by atoms with Crippen molar-refractivity contribution in [1.29, 1.82) is 0 Å². The molecule has 3 heteroatoms. The average Bonchev–Trinajstić information content (AvgIpc) is 2.19. The van der Waals surface area contributed by atoms with Crippen LogP contribution in [0.2, 0.25) is 0 Å². The fourth-order valence-corrected chi connectivity index (χ4v) is 1.85. The van der Waals surface area contributed by atoms with Crippen LogP contribution in [0.25, 0.3) is 0 Å².